The predicted octanol–water partition coefficient (Wildman–Crippen LogP) is 3.86. The monoisotopic (exact) mass is 396 g/mol. The first-order valence-electron chi connectivity index (χ1n) is 10.6. The van der Waals surface area contributed by atoms with E-state index in [4.69, 9.17) is 14.2 Å². The van der Waals surface area contributed by atoms with Gasteiger partial charge >= 0.3 is 0 Å². The third-order valence-corrected chi connectivity index (χ3v) is 6.33. The molecule has 0 saturated carbocycles. The van der Waals surface area contributed by atoms with Gasteiger partial charge in [-0.25, -0.2) is 0 Å². The van der Waals surface area contributed by atoms with Crippen molar-refractivity contribution >= 4 is 0 Å². The maximum Gasteiger partial charge on any atom is 0.203 e. The molecule has 156 valence electrons. The summed E-state index contributed by atoms with van der Waals surface area (Å²) in [6.45, 7) is 6.06. The Morgan fingerprint density at radius 1 is 0.931 bits per heavy atom. The molecule has 29 heavy (non-hydrogen) atoms. The number of hydrogen-bond acceptors (Lipinski definition) is 5. The molecule has 2 aliphatic heterocycles. The van der Waals surface area contributed by atoms with E-state index in [2.05, 4.69) is 34.5 Å². The first-order valence-corrected chi connectivity index (χ1v) is 10.6. The lowest BCUT2D eigenvalue weighted by atomic mass is 9.78. The zero-order chi connectivity index (χ0) is 20.1. The van der Waals surface area contributed by atoms with E-state index in [0.29, 0.717) is 17.8 Å². The Labute approximate surface area is 174 Å². The van der Waals surface area contributed by atoms with Gasteiger partial charge in [-0.15, -0.1) is 0 Å². The molecule has 5 nitrogen and oxygen atoms in total. The second-order valence-corrected chi connectivity index (χ2v) is 8.31. The Balaban J connectivity index is 1.47. The minimum atomic E-state index is 0.482. The number of rotatable bonds is 7. The van der Waals surface area contributed by atoms with Crippen molar-refractivity contribution in [1.29, 1.82) is 0 Å². The molecule has 0 unspecified atom stereocenters. The van der Waals surface area contributed by atoms with Gasteiger partial charge in [0.25, 0.3) is 0 Å². The molecule has 2 saturated heterocycles. The molecule has 4 rings (SSSR count). The first-order chi connectivity index (χ1) is 14.2. The van der Waals surface area contributed by atoms with Gasteiger partial charge in [-0.3, -0.25) is 4.90 Å². The molecule has 1 N–H and O–H groups in total. The van der Waals surface area contributed by atoms with Crippen molar-refractivity contribution in [3.8, 4) is 17.2 Å². The molecule has 0 bridgehead atoms. The third-order valence-electron chi connectivity index (χ3n) is 6.33. The molecular formula is C24H32N2O3. The summed E-state index contributed by atoms with van der Waals surface area (Å²) in [5.41, 5.74) is 2.83. The molecule has 2 aromatic carbocycles. The summed E-state index contributed by atoms with van der Waals surface area (Å²) in [6.07, 6.45) is 3.89. The topological polar surface area (TPSA) is 43.0 Å². The van der Waals surface area contributed by atoms with Crippen LogP contribution in [0, 0.1) is 5.41 Å². The van der Waals surface area contributed by atoms with E-state index in [1.165, 1.54) is 31.4 Å². The van der Waals surface area contributed by atoms with Crippen LogP contribution in [0.2, 0.25) is 0 Å². The number of benzene rings is 2. The van der Waals surface area contributed by atoms with Crippen LogP contribution >= 0.6 is 0 Å². The fourth-order valence-corrected chi connectivity index (χ4v) is 4.68. The van der Waals surface area contributed by atoms with E-state index in [1.807, 2.05) is 18.2 Å². The summed E-state index contributed by atoms with van der Waals surface area (Å²) in [7, 11) is 3.38. The predicted molar refractivity (Wildman–Crippen MR) is 115 cm³/mol. The van der Waals surface area contributed by atoms with Gasteiger partial charge in [-0.1, -0.05) is 30.3 Å². The van der Waals surface area contributed by atoms with Crippen molar-refractivity contribution in [3.63, 3.8) is 0 Å². The van der Waals surface area contributed by atoms with E-state index < -0.39 is 0 Å². The summed E-state index contributed by atoms with van der Waals surface area (Å²) in [5, 5.41) is 3.50. The van der Waals surface area contributed by atoms with Gasteiger partial charge in [0, 0.05) is 13.1 Å². The van der Waals surface area contributed by atoms with Crippen LogP contribution in [-0.2, 0) is 13.2 Å². The van der Waals surface area contributed by atoms with Crippen LogP contribution in [0.4, 0.5) is 0 Å². The lowest BCUT2D eigenvalue weighted by molar-refractivity contribution is 0.193. The minimum absolute atomic E-state index is 0.482. The van der Waals surface area contributed by atoms with Crippen LogP contribution in [0.25, 0.3) is 0 Å². The molecule has 2 fully saturated rings. The van der Waals surface area contributed by atoms with Crippen molar-refractivity contribution < 1.29 is 14.2 Å². The highest BCUT2D eigenvalue weighted by atomic mass is 16.5. The number of likely N-dealkylation sites (tertiary alicyclic amines) is 1. The Bertz CT molecular complexity index is 778. The second kappa shape index (κ2) is 9.06. The largest absolute Gasteiger partial charge is 0.493 e. The smallest absolute Gasteiger partial charge is 0.203 e. The molecule has 0 atom stereocenters. The molecular weight excluding hydrogens is 364 g/mol. The lowest BCUT2D eigenvalue weighted by Crippen LogP contribution is -2.38. The standard InChI is InChI=1S/C24H32N2O3/c1-27-21-14-20(16-26-13-10-24(18-26)8-11-25-12-9-24)15-22(28-2)23(21)29-17-19-6-4-3-5-7-19/h3-7,14-15,25H,8-13,16-18H2,1-2H3. The van der Waals surface area contributed by atoms with Crippen LogP contribution in [0.3, 0.4) is 0 Å². The van der Waals surface area contributed by atoms with E-state index in [0.717, 1.165) is 43.2 Å². The SMILES string of the molecule is COc1cc(CN2CCC3(CCNCC3)C2)cc(OC)c1OCc1ccccc1. The van der Waals surface area contributed by atoms with E-state index in [9.17, 15) is 0 Å². The summed E-state index contributed by atoms with van der Waals surface area (Å²) < 4.78 is 17.4. The maximum atomic E-state index is 6.08. The van der Waals surface area contributed by atoms with Gasteiger partial charge < -0.3 is 19.5 Å². The average molecular weight is 397 g/mol. The summed E-state index contributed by atoms with van der Waals surface area (Å²) in [6, 6.07) is 14.3. The van der Waals surface area contributed by atoms with Gasteiger partial charge in [0.2, 0.25) is 5.75 Å². The van der Waals surface area contributed by atoms with Crippen LogP contribution in [0.15, 0.2) is 42.5 Å². The minimum Gasteiger partial charge on any atom is -0.493 e. The molecule has 0 aromatic heterocycles. The van der Waals surface area contributed by atoms with Crippen molar-refractivity contribution in [2.75, 3.05) is 40.4 Å². The Morgan fingerprint density at radius 3 is 2.28 bits per heavy atom. The average Bonchev–Trinajstić information content (AvgIpc) is 3.14. The van der Waals surface area contributed by atoms with E-state index >= 15 is 0 Å². The van der Waals surface area contributed by atoms with Crippen molar-refractivity contribution in [1.82, 2.24) is 10.2 Å². The summed E-state index contributed by atoms with van der Waals surface area (Å²) in [4.78, 5) is 2.57. The van der Waals surface area contributed by atoms with Gasteiger partial charge in [0.15, 0.2) is 11.5 Å². The quantitative estimate of drug-likeness (QED) is 0.770. The summed E-state index contributed by atoms with van der Waals surface area (Å²) in [5.74, 6) is 2.12. The van der Waals surface area contributed by atoms with Crippen LogP contribution < -0.4 is 19.5 Å². The Morgan fingerprint density at radius 2 is 1.62 bits per heavy atom. The second-order valence-electron chi connectivity index (χ2n) is 8.31. The van der Waals surface area contributed by atoms with Crippen molar-refractivity contribution in [2.45, 2.75) is 32.4 Å². The number of nitrogens with one attached hydrogen (secondary N) is 1. The maximum absolute atomic E-state index is 6.08. The molecule has 0 radical (unpaired) electrons. The molecule has 0 amide bonds. The number of nitrogens with zero attached hydrogens (tertiary/aromatic N) is 1. The number of methoxy groups -OCH3 is 2. The van der Waals surface area contributed by atoms with E-state index in [1.54, 1.807) is 14.2 Å². The highest BCUT2D eigenvalue weighted by Crippen LogP contribution is 2.42. The summed E-state index contributed by atoms with van der Waals surface area (Å²) >= 11 is 0. The van der Waals surface area contributed by atoms with Crippen LogP contribution in [-0.4, -0.2) is 45.3 Å². The number of ether oxygens (including phenoxy) is 3. The fraction of sp³-hybridized carbons (Fsp3) is 0.500. The van der Waals surface area contributed by atoms with Gasteiger partial charge in [-0.05, 0) is 67.6 Å². The Kier molecular flexibility index (Phi) is 6.26. The van der Waals surface area contributed by atoms with Crippen LogP contribution in [0.5, 0.6) is 17.2 Å². The highest BCUT2D eigenvalue weighted by molar-refractivity contribution is 5.54. The zero-order valence-electron chi connectivity index (χ0n) is 17.6. The van der Waals surface area contributed by atoms with Gasteiger partial charge in [-0.2, -0.15) is 0 Å². The van der Waals surface area contributed by atoms with Crippen LogP contribution in [0.1, 0.15) is 30.4 Å². The Hall–Kier alpha value is -2.24. The molecule has 0 aliphatic carbocycles. The number of hydrogen-bond donors (Lipinski definition) is 1. The molecule has 1 spiro atoms. The van der Waals surface area contributed by atoms with Gasteiger partial charge in [0.1, 0.15) is 6.61 Å². The molecule has 2 aromatic rings. The lowest BCUT2D eigenvalue weighted by Gasteiger charge is -2.34. The van der Waals surface area contributed by atoms with Crippen molar-refractivity contribution in [3.05, 3.63) is 53.6 Å². The molecule has 2 aliphatic rings. The normalized spacial score (nSPS) is 18.7. The zero-order valence-corrected chi connectivity index (χ0v) is 17.6. The van der Waals surface area contributed by atoms with E-state index in [-0.39, 0.29) is 0 Å². The molecule has 5 heteroatoms. The molecule has 2 heterocycles. The van der Waals surface area contributed by atoms with Gasteiger partial charge in [0.05, 0.1) is 14.2 Å². The first kappa shape index (κ1) is 20.0. The van der Waals surface area contributed by atoms with Crippen molar-refractivity contribution in [2.24, 2.45) is 5.41 Å². The number of piperidine rings is 1. The fourth-order valence-electron chi connectivity index (χ4n) is 4.68. The highest BCUT2D eigenvalue weighted by Gasteiger charge is 2.38. The third kappa shape index (κ3) is 4.68.